The van der Waals surface area contributed by atoms with Gasteiger partial charge in [0.15, 0.2) is 6.42 Å². The van der Waals surface area contributed by atoms with Gasteiger partial charge in [-0.3, -0.25) is 0 Å². The minimum absolute atomic E-state index is 0.809. The molecule has 0 atom stereocenters. The topological polar surface area (TPSA) is 17.1 Å². The standard InChI is InChI=1S/C4H3O/c5-3-4-1-2-4/h3H,1H2/q+1. The molecule has 1 aliphatic carbocycles. The van der Waals surface area contributed by atoms with Crippen LogP contribution >= 0.6 is 0 Å². The first-order chi connectivity index (χ1) is 2.43. The van der Waals surface area contributed by atoms with Crippen LogP contribution in [0.2, 0.25) is 0 Å². The van der Waals surface area contributed by atoms with Gasteiger partial charge in [-0.05, 0) is 0 Å². The molecule has 0 spiro atoms. The third-order valence-corrected chi connectivity index (χ3v) is 0.523. The molecule has 0 aromatic rings. The second-order valence-electron chi connectivity index (χ2n) is 0.997. The molecule has 0 unspecified atom stereocenters. The van der Waals surface area contributed by atoms with Gasteiger partial charge in [0.25, 0.3) is 6.29 Å². The average molecular weight is 67.1 g/mol. The fraction of sp³-hybridized carbons (Fsp3) is 0.250. The first-order valence-corrected chi connectivity index (χ1v) is 1.48. The zero-order valence-corrected chi connectivity index (χ0v) is 2.69. The van der Waals surface area contributed by atoms with Crippen molar-refractivity contribution in [2.24, 2.45) is 0 Å². The fourth-order valence-corrected chi connectivity index (χ4v) is 0.134. The van der Waals surface area contributed by atoms with Crippen LogP contribution < -0.4 is 0 Å². The number of aldehydes is 1. The van der Waals surface area contributed by atoms with Gasteiger partial charge in [0.05, 0.1) is 6.08 Å². The molecule has 1 aliphatic rings. The molecule has 0 aromatic carbocycles. The van der Waals surface area contributed by atoms with Gasteiger partial charge < -0.3 is 0 Å². The van der Waals surface area contributed by atoms with E-state index in [0.717, 1.165) is 18.3 Å². The summed E-state index contributed by atoms with van der Waals surface area (Å²) in [6.07, 6.45) is 4.38. The molecule has 5 heavy (non-hydrogen) atoms. The summed E-state index contributed by atoms with van der Waals surface area (Å²) in [6, 6.07) is 0. The lowest BCUT2D eigenvalue weighted by molar-refractivity contribution is -0.104. The van der Waals surface area contributed by atoms with E-state index in [0.29, 0.717) is 0 Å². The van der Waals surface area contributed by atoms with Crippen LogP contribution in [0.1, 0.15) is 6.42 Å². The van der Waals surface area contributed by atoms with Crippen LogP contribution in [-0.2, 0) is 4.79 Å². The van der Waals surface area contributed by atoms with Gasteiger partial charge in [-0.1, -0.05) is 0 Å². The predicted octanol–water partition coefficient (Wildman–Crippen LogP) is 0.319. The summed E-state index contributed by atoms with van der Waals surface area (Å²) in [7, 11) is 0. The molecule has 0 heterocycles. The van der Waals surface area contributed by atoms with E-state index in [-0.39, 0.29) is 0 Å². The molecule has 1 nitrogen and oxygen atoms in total. The maximum Gasteiger partial charge on any atom is 0.295 e. The highest BCUT2D eigenvalue weighted by Crippen LogP contribution is 2.11. The Morgan fingerprint density at radius 2 is 2.60 bits per heavy atom. The van der Waals surface area contributed by atoms with Crippen LogP contribution in [0.4, 0.5) is 0 Å². The normalized spacial score (nSPS) is 15.6. The Hall–Kier alpha value is -0.680. The van der Waals surface area contributed by atoms with Crippen LogP contribution in [0.5, 0.6) is 0 Å². The maximum absolute atomic E-state index is 9.47. The van der Waals surface area contributed by atoms with Gasteiger partial charge in [0, 0.05) is 0 Å². The van der Waals surface area contributed by atoms with Gasteiger partial charge in [-0.2, -0.15) is 4.79 Å². The van der Waals surface area contributed by atoms with Gasteiger partial charge in [0.1, 0.15) is 0 Å². The maximum atomic E-state index is 9.47. The Labute approximate surface area is 30.3 Å². The van der Waals surface area contributed by atoms with Gasteiger partial charge >= 0.3 is 0 Å². The van der Waals surface area contributed by atoms with E-state index in [1.807, 2.05) is 0 Å². The lowest BCUT2D eigenvalue weighted by atomic mass is 10.6. The Kier molecular flexibility index (Phi) is 0.322. The number of allylic oxidation sites excluding steroid dienone is 2. The Morgan fingerprint density at radius 3 is 2.60 bits per heavy atom. The first kappa shape index (κ1) is 2.55. The average Bonchev–Trinajstić information content (AvgIpc) is 2.12. The van der Waals surface area contributed by atoms with Gasteiger partial charge in [-0.15, -0.1) is 0 Å². The Bertz CT molecular complexity index is 78.9. The Balaban J connectivity index is 2.49. The second-order valence-corrected chi connectivity index (χ2v) is 0.997. The molecule has 1 rings (SSSR count). The SMILES string of the molecule is O=CC1=[C+]C1. The number of carbonyl (C=O) groups is 1. The van der Waals surface area contributed by atoms with Crippen molar-refractivity contribution in [3.8, 4) is 0 Å². The van der Waals surface area contributed by atoms with Crippen molar-refractivity contribution < 1.29 is 4.79 Å². The highest BCUT2D eigenvalue weighted by molar-refractivity contribution is 5.77. The molecule has 0 amide bonds. The van der Waals surface area contributed by atoms with Crippen molar-refractivity contribution in [2.45, 2.75) is 6.42 Å². The molecule has 0 aromatic heterocycles. The lowest BCUT2D eigenvalue weighted by Crippen LogP contribution is -1.55. The van der Waals surface area contributed by atoms with Crippen LogP contribution in [0.3, 0.4) is 0 Å². The molecule has 1 heteroatoms. The molecule has 0 saturated carbocycles. The monoisotopic (exact) mass is 67.0 g/mol. The first-order valence-electron chi connectivity index (χ1n) is 1.48. The summed E-state index contributed by atoms with van der Waals surface area (Å²) in [5.74, 6) is 0. The van der Waals surface area contributed by atoms with E-state index in [2.05, 4.69) is 6.08 Å². The van der Waals surface area contributed by atoms with Gasteiger partial charge in [0.2, 0.25) is 5.57 Å². The third kappa shape index (κ3) is 0.310. The van der Waals surface area contributed by atoms with Crippen LogP contribution in [0, 0.1) is 6.08 Å². The van der Waals surface area contributed by atoms with E-state index in [9.17, 15) is 4.79 Å². The molecule has 0 N–H and O–H groups in total. The largest absolute Gasteiger partial charge is 0.295 e. The molecular weight excluding hydrogens is 64.0 g/mol. The van der Waals surface area contributed by atoms with Crippen molar-refractivity contribution in [3.05, 3.63) is 11.6 Å². The van der Waals surface area contributed by atoms with Gasteiger partial charge in [-0.25, -0.2) is 0 Å². The predicted molar refractivity (Wildman–Crippen MR) is 17.4 cm³/mol. The molecule has 0 fully saturated rings. The summed E-state index contributed by atoms with van der Waals surface area (Å²) in [6.45, 7) is 0. The summed E-state index contributed by atoms with van der Waals surface area (Å²) in [4.78, 5) is 9.47. The van der Waals surface area contributed by atoms with E-state index < -0.39 is 0 Å². The zero-order valence-electron chi connectivity index (χ0n) is 2.69. The number of carbonyl (C=O) groups excluding carboxylic acids is 1. The number of hydrogen-bond donors (Lipinski definition) is 0. The second kappa shape index (κ2) is 0.631. The van der Waals surface area contributed by atoms with E-state index in [4.69, 9.17) is 0 Å². The molecule has 0 radical (unpaired) electrons. The van der Waals surface area contributed by atoms with Crippen molar-refractivity contribution >= 4 is 6.29 Å². The van der Waals surface area contributed by atoms with E-state index >= 15 is 0 Å². The summed E-state index contributed by atoms with van der Waals surface area (Å²) >= 11 is 0. The van der Waals surface area contributed by atoms with Crippen LogP contribution in [0.15, 0.2) is 5.57 Å². The summed E-state index contributed by atoms with van der Waals surface area (Å²) < 4.78 is 0. The summed E-state index contributed by atoms with van der Waals surface area (Å²) in [5.41, 5.74) is 0.824. The van der Waals surface area contributed by atoms with E-state index in [1.165, 1.54) is 0 Å². The van der Waals surface area contributed by atoms with Crippen molar-refractivity contribution in [1.29, 1.82) is 0 Å². The quantitative estimate of drug-likeness (QED) is 0.319. The number of hydrogen-bond acceptors (Lipinski definition) is 1. The summed E-state index contributed by atoms with van der Waals surface area (Å²) in [5, 5.41) is 0. The molecule has 0 saturated heterocycles. The van der Waals surface area contributed by atoms with Crippen LogP contribution in [0.25, 0.3) is 0 Å². The smallest absolute Gasteiger partial charge is 0.180 e. The third-order valence-electron chi connectivity index (χ3n) is 0.523. The highest BCUT2D eigenvalue weighted by atomic mass is 16.1. The minimum atomic E-state index is 0.809. The van der Waals surface area contributed by atoms with Crippen molar-refractivity contribution in [3.63, 3.8) is 0 Å². The molecule has 0 bridgehead atoms. The van der Waals surface area contributed by atoms with Crippen LogP contribution in [-0.4, -0.2) is 6.29 Å². The fourth-order valence-electron chi connectivity index (χ4n) is 0.134. The molecule has 0 aliphatic heterocycles. The van der Waals surface area contributed by atoms with Crippen molar-refractivity contribution in [2.75, 3.05) is 0 Å². The highest BCUT2D eigenvalue weighted by Gasteiger charge is 2.20. The zero-order chi connectivity index (χ0) is 3.70. The molecule has 24 valence electrons. The minimum Gasteiger partial charge on any atom is -0.180 e. The van der Waals surface area contributed by atoms with Crippen molar-refractivity contribution in [1.82, 2.24) is 0 Å². The molecular formula is C4H3O+. The lowest BCUT2D eigenvalue weighted by Gasteiger charge is -1.31. The van der Waals surface area contributed by atoms with E-state index in [1.54, 1.807) is 0 Å². The Morgan fingerprint density at radius 1 is 2.00 bits per heavy atom. The number of rotatable bonds is 1.